The van der Waals surface area contributed by atoms with Gasteiger partial charge in [0.1, 0.15) is 5.75 Å². The summed E-state index contributed by atoms with van der Waals surface area (Å²) in [4.78, 5) is 12.3. The fourth-order valence-electron chi connectivity index (χ4n) is 2.62. The number of ether oxygens (including phenoxy) is 1. The molecule has 0 bridgehead atoms. The zero-order chi connectivity index (χ0) is 21.4. The van der Waals surface area contributed by atoms with E-state index >= 15 is 0 Å². The third kappa shape index (κ3) is 6.13. The molecular weight excluding hydrogens is 404 g/mol. The Morgan fingerprint density at radius 3 is 2.45 bits per heavy atom. The van der Waals surface area contributed by atoms with E-state index in [-0.39, 0.29) is 22.9 Å². The van der Waals surface area contributed by atoms with Gasteiger partial charge in [-0.05, 0) is 30.3 Å². The minimum Gasteiger partial charge on any atom is -0.433 e. The predicted octanol–water partition coefficient (Wildman–Crippen LogP) is 3.37. The zero-order valence-electron chi connectivity index (χ0n) is 16.1. The molecule has 0 fully saturated rings. The van der Waals surface area contributed by atoms with E-state index in [4.69, 9.17) is 0 Å². The summed E-state index contributed by atoms with van der Waals surface area (Å²) in [6.45, 7) is 0.990. The van der Waals surface area contributed by atoms with Crippen LogP contribution in [0.5, 0.6) is 5.75 Å². The quantitative estimate of drug-likeness (QED) is 0.607. The number of benzene rings is 2. The maximum absolute atomic E-state index is 12.6. The van der Waals surface area contributed by atoms with Gasteiger partial charge in [-0.1, -0.05) is 32.0 Å². The number of carbonyl (C=O) groups excluding carboxylic acids is 1. The Morgan fingerprint density at radius 1 is 1.10 bits per heavy atom. The smallest absolute Gasteiger partial charge is 0.387 e. The molecule has 7 nitrogen and oxygen atoms in total. The second kappa shape index (κ2) is 10.2. The van der Waals surface area contributed by atoms with Crippen LogP contribution in [0, 0.1) is 0 Å². The Kier molecular flexibility index (Phi) is 7.91. The van der Waals surface area contributed by atoms with Crippen molar-refractivity contribution in [3.05, 3.63) is 48.5 Å². The topological polar surface area (TPSA) is 87.7 Å². The number of sulfonamides is 1. The molecule has 2 N–H and O–H groups in total. The molecule has 0 aliphatic heterocycles. The maximum atomic E-state index is 12.6. The number of para-hydroxylation sites is 2. The number of nitrogens with zero attached hydrogens (tertiary/aromatic N) is 1. The Bertz CT molecular complexity index is 935. The van der Waals surface area contributed by atoms with Crippen molar-refractivity contribution >= 4 is 27.3 Å². The maximum Gasteiger partial charge on any atom is 0.387 e. The molecule has 0 saturated carbocycles. The summed E-state index contributed by atoms with van der Waals surface area (Å²) >= 11 is 0. The normalized spacial score (nSPS) is 11.5. The van der Waals surface area contributed by atoms with Crippen molar-refractivity contribution < 1.29 is 26.7 Å². The van der Waals surface area contributed by atoms with E-state index in [0.29, 0.717) is 18.8 Å². The van der Waals surface area contributed by atoms with Crippen LogP contribution in [0.3, 0.4) is 0 Å². The van der Waals surface area contributed by atoms with Gasteiger partial charge in [0.2, 0.25) is 15.9 Å². The molecule has 0 heterocycles. The van der Waals surface area contributed by atoms with Crippen LogP contribution in [0.1, 0.15) is 13.8 Å². The fourth-order valence-corrected chi connectivity index (χ4v) is 4.13. The molecule has 2 aromatic carbocycles. The predicted molar refractivity (Wildman–Crippen MR) is 107 cm³/mol. The second-order valence-corrected chi connectivity index (χ2v) is 7.83. The van der Waals surface area contributed by atoms with Crippen LogP contribution in [-0.2, 0) is 14.8 Å². The summed E-state index contributed by atoms with van der Waals surface area (Å²) < 4.78 is 55.8. The molecule has 29 heavy (non-hydrogen) atoms. The standard InChI is InChI=1S/C19H23F2N3O4S/c1-3-24(4-2)29(26,27)15-9-7-8-14(12-15)22-13-18(25)23-16-10-5-6-11-17(16)28-19(20)21/h5-12,19,22H,3-4,13H2,1-2H3,(H,23,25). The molecular formula is C19H23F2N3O4S. The van der Waals surface area contributed by atoms with Gasteiger partial charge >= 0.3 is 6.61 Å². The molecule has 0 spiro atoms. The highest BCUT2D eigenvalue weighted by molar-refractivity contribution is 7.89. The SMILES string of the molecule is CCN(CC)S(=O)(=O)c1cccc(NCC(=O)Nc2ccccc2OC(F)F)c1. The van der Waals surface area contributed by atoms with Gasteiger partial charge in [-0.2, -0.15) is 13.1 Å². The molecule has 0 unspecified atom stereocenters. The van der Waals surface area contributed by atoms with Gasteiger partial charge in [0.25, 0.3) is 0 Å². The first-order valence-corrected chi connectivity index (χ1v) is 10.4. The number of nitrogens with one attached hydrogen (secondary N) is 2. The first-order valence-electron chi connectivity index (χ1n) is 8.95. The average Bonchev–Trinajstić information content (AvgIpc) is 2.68. The van der Waals surface area contributed by atoms with Crippen molar-refractivity contribution in [3.63, 3.8) is 0 Å². The van der Waals surface area contributed by atoms with E-state index in [2.05, 4.69) is 15.4 Å². The summed E-state index contributed by atoms with van der Waals surface area (Å²) in [5, 5.41) is 5.31. The molecule has 0 aliphatic rings. The summed E-state index contributed by atoms with van der Waals surface area (Å²) in [7, 11) is -3.62. The van der Waals surface area contributed by atoms with Crippen molar-refractivity contribution in [2.24, 2.45) is 0 Å². The molecule has 158 valence electrons. The van der Waals surface area contributed by atoms with Gasteiger partial charge in [-0.3, -0.25) is 4.79 Å². The Balaban J connectivity index is 2.05. The van der Waals surface area contributed by atoms with Crippen LogP contribution in [0.25, 0.3) is 0 Å². The summed E-state index contributed by atoms with van der Waals surface area (Å²) in [5.41, 5.74) is 0.544. The van der Waals surface area contributed by atoms with Crippen LogP contribution in [-0.4, -0.2) is 44.9 Å². The lowest BCUT2D eigenvalue weighted by molar-refractivity contribution is -0.114. The van der Waals surface area contributed by atoms with Gasteiger partial charge in [0.15, 0.2) is 0 Å². The van der Waals surface area contributed by atoms with Gasteiger partial charge in [-0.25, -0.2) is 8.42 Å². The number of rotatable bonds is 10. The molecule has 0 aliphatic carbocycles. The highest BCUT2D eigenvalue weighted by atomic mass is 32.2. The Labute approximate surface area is 168 Å². The van der Waals surface area contributed by atoms with Crippen LogP contribution in [0.15, 0.2) is 53.4 Å². The Hall–Kier alpha value is -2.72. The van der Waals surface area contributed by atoms with E-state index < -0.39 is 22.5 Å². The summed E-state index contributed by atoms with van der Waals surface area (Å²) in [6, 6.07) is 12.0. The first-order chi connectivity index (χ1) is 13.8. The number of amides is 1. The van der Waals surface area contributed by atoms with Gasteiger partial charge in [0, 0.05) is 18.8 Å². The van der Waals surface area contributed by atoms with Gasteiger partial charge in [0.05, 0.1) is 17.1 Å². The van der Waals surface area contributed by atoms with Crippen molar-refractivity contribution in [2.75, 3.05) is 30.3 Å². The number of carbonyl (C=O) groups is 1. The summed E-state index contributed by atoms with van der Waals surface area (Å²) in [5.74, 6) is -0.657. The van der Waals surface area contributed by atoms with Crippen LogP contribution < -0.4 is 15.4 Å². The zero-order valence-corrected chi connectivity index (χ0v) is 16.9. The highest BCUT2D eigenvalue weighted by Crippen LogP contribution is 2.25. The number of anilines is 2. The molecule has 0 atom stereocenters. The molecule has 1 amide bonds. The van der Waals surface area contributed by atoms with E-state index in [1.165, 1.54) is 34.6 Å². The van der Waals surface area contributed by atoms with Crippen LogP contribution >= 0.6 is 0 Å². The number of hydrogen-bond donors (Lipinski definition) is 2. The van der Waals surface area contributed by atoms with Crippen molar-refractivity contribution in [2.45, 2.75) is 25.4 Å². The van der Waals surface area contributed by atoms with E-state index in [0.717, 1.165) is 0 Å². The van der Waals surface area contributed by atoms with Gasteiger partial charge < -0.3 is 15.4 Å². The van der Waals surface area contributed by atoms with Gasteiger partial charge in [-0.15, -0.1) is 0 Å². The lowest BCUT2D eigenvalue weighted by atomic mass is 10.3. The minimum absolute atomic E-state index is 0.109. The number of halogens is 2. The van der Waals surface area contributed by atoms with E-state index in [1.807, 2.05) is 0 Å². The van der Waals surface area contributed by atoms with E-state index in [9.17, 15) is 22.0 Å². The van der Waals surface area contributed by atoms with Crippen LogP contribution in [0.4, 0.5) is 20.2 Å². The lowest BCUT2D eigenvalue weighted by Gasteiger charge is -2.19. The lowest BCUT2D eigenvalue weighted by Crippen LogP contribution is -2.30. The highest BCUT2D eigenvalue weighted by Gasteiger charge is 2.21. The molecule has 0 radical (unpaired) electrons. The summed E-state index contributed by atoms with van der Waals surface area (Å²) in [6.07, 6.45) is 0. The first kappa shape index (κ1) is 22.6. The fraction of sp³-hybridized carbons (Fsp3) is 0.316. The monoisotopic (exact) mass is 427 g/mol. The molecule has 2 rings (SSSR count). The average molecular weight is 427 g/mol. The van der Waals surface area contributed by atoms with Crippen molar-refractivity contribution in [1.82, 2.24) is 4.31 Å². The van der Waals surface area contributed by atoms with E-state index in [1.54, 1.807) is 32.0 Å². The largest absolute Gasteiger partial charge is 0.433 e. The minimum atomic E-state index is -3.62. The third-order valence-electron chi connectivity index (χ3n) is 4.01. The molecule has 10 heteroatoms. The molecule has 0 saturated heterocycles. The number of hydrogen-bond acceptors (Lipinski definition) is 5. The third-order valence-corrected chi connectivity index (χ3v) is 6.05. The van der Waals surface area contributed by atoms with Crippen molar-refractivity contribution in [1.29, 1.82) is 0 Å². The molecule has 2 aromatic rings. The second-order valence-electron chi connectivity index (χ2n) is 5.89. The van der Waals surface area contributed by atoms with Crippen LogP contribution in [0.2, 0.25) is 0 Å². The number of alkyl halides is 2. The Morgan fingerprint density at radius 2 is 1.79 bits per heavy atom. The van der Waals surface area contributed by atoms with Crippen molar-refractivity contribution in [3.8, 4) is 5.75 Å². The molecule has 0 aromatic heterocycles.